The van der Waals surface area contributed by atoms with Gasteiger partial charge in [0.15, 0.2) is 0 Å². The van der Waals surface area contributed by atoms with Gasteiger partial charge < -0.3 is 5.32 Å². The molecular weight excluding hydrogens is 273 g/mol. The molecule has 1 heterocycles. The summed E-state index contributed by atoms with van der Waals surface area (Å²) in [6.45, 7) is 0.348. The maximum Gasteiger partial charge on any atom is 0.390 e. The lowest BCUT2D eigenvalue weighted by molar-refractivity contribution is -0.133. The molecule has 0 fully saturated rings. The van der Waals surface area contributed by atoms with Crippen LogP contribution in [0.1, 0.15) is 12.0 Å². The van der Waals surface area contributed by atoms with E-state index in [1.165, 1.54) is 0 Å². The second kappa shape index (κ2) is 5.46. The van der Waals surface area contributed by atoms with Gasteiger partial charge in [-0.05, 0) is 33.6 Å². The molecule has 6 heteroatoms. The van der Waals surface area contributed by atoms with Crippen molar-refractivity contribution >= 4 is 15.9 Å². The third-order valence-corrected chi connectivity index (χ3v) is 2.14. The van der Waals surface area contributed by atoms with Crippen molar-refractivity contribution in [2.75, 3.05) is 6.54 Å². The fraction of sp³-hybridized carbons (Fsp3) is 0.444. The molecule has 0 aromatic carbocycles. The van der Waals surface area contributed by atoms with Crippen LogP contribution in [0.25, 0.3) is 0 Å². The lowest BCUT2D eigenvalue weighted by Gasteiger charge is -2.07. The van der Waals surface area contributed by atoms with Gasteiger partial charge in [-0.1, -0.05) is 0 Å². The highest BCUT2D eigenvalue weighted by atomic mass is 79.9. The van der Waals surface area contributed by atoms with E-state index in [1.54, 1.807) is 18.3 Å². The fourth-order valence-corrected chi connectivity index (χ4v) is 1.43. The molecule has 1 N–H and O–H groups in total. The van der Waals surface area contributed by atoms with E-state index in [1.807, 2.05) is 0 Å². The Labute approximate surface area is 94.0 Å². The van der Waals surface area contributed by atoms with E-state index in [9.17, 15) is 13.2 Å². The van der Waals surface area contributed by atoms with E-state index < -0.39 is 12.6 Å². The van der Waals surface area contributed by atoms with Crippen molar-refractivity contribution in [2.24, 2.45) is 0 Å². The van der Waals surface area contributed by atoms with Crippen LogP contribution in [0.3, 0.4) is 0 Å². The summed E-state index contributed by atoms with van der Waals surface area (Å²) in [4.78, 5) is 3.92. The Balaban J connectivity index is 2.26. The van der Waals surface area contributed by atoms with Crippen molar-refractivity contribution in [3.63, 3.8) is 0 Å². The smallest absolute Gasteiger partial charge is 0.312 e. The Morgan fingerprint density at radius 1 is 1.40 bits per heavy atom. The van der Waals surface area contributed by atoms with Crippen LogP contribution < -0.4 is 5.32 Å². The van der Waals surface area contributed by atoms with E-state index in [4.69, 9.17) is 0 Å². The van der Waals surface area contributed by atoms with Crippen LogP contribution in [-0.2, 0) is 6.54 Å². The average molecular weight is 283 g/mol. The number of hydrogen-bond donors (Lipinski definition) is 1. The standard InChI is InChI=1S/C9H10BrF3N2/c10-8-5-7(1-3-15-8)6-14-4-2-9(11,12)13/h1,3,5,14H,2,4,6H2. The number of hydrogen-bond acceptors (Lipinski definition) is 2. The molecule has 2 nitrogen and oxygen atoms in total. The minimum atomic E-state index is -4.09. The molecule has 1 rings (SSSR count). The molecule has 0 aliphatic heterocycles. The van der Waals surface area contributed by atoms with Gasteiger partial charge in [0.25, 0.3) is 0 Å². The van der Waals surface area contributed by atoms with Gasteiger partial charge in [0.1, 0.15) is 4.60 Å². The third-order valence-electron chi connectivity index (χ3n) is 1.71. The highest BCUT2D eigenvalue weighted by molar-refractivity contribution is 9.10. The summed E-state index contributed by atoms with van der Waals surface area (Å²) in [6, 6.07) is 3.52. The van der Waals surface area contributed by atoms with Crippen LogP contribution >= 0.6 is 15.9 Å². The number of aromatic nitrogens is 1. The van der Waals surface area contributed by atoms with Gasteiger partial charge >= 0.3 is 6.18 Å². The molecule has 0 aliphatic rings. The molecule has 0 aliphatic carbocycles. The molecule has 0 bridgehead atoms. The van der Waals surface area contributed by atoms with Crippen LogP contribution in [0, 0.1) is 0 Å². The lowest BCUT2D eigenvalue weighted by atomic mass is 10.2. The van der Waals surface area contributed by atoms with Gasteiger partial charge in [-0.15, -0.1) is 0 Å². The van der Waals surface area contributed by atoms with Crippen LogP contribution in [-0.4, -0.2) is 17.7 Å². The lowest BCUT2D eigenvalue weighted by Crippen LogP contribution is -2.21. The molecule has 0 saturated carbocycles. The molecular formula is C9H10BrF3N2. The Kier molecular flexibility index (Phi) is 4.53. The van der Waals surface area contributed by atoms with Crippen molar-refractivity contribution in [1.29, 1.82) is 0 Å². The summed E-state index contributed by atoms with van der Waals surface area (Å²) < 4.78 is 36.0. The first-order chi connectivity index (χ1) is 6.97. The maximum absolute atomic E-state index is 11.8. The summed E-state index contributed by atoms with van der Waals surface area (Å²) in [5.41, 5.74) is 0.902. The number of alkyl halides is 3. The largest absolute Gasteiger partial charge is 0.390 e. The van der Waals surface area contributed by atoms with Gasteiger partial charge in [0.2, 0.25) is 0 Å². The summed E-state index contributed by atoms with van der Waals surface area (Å²) >= 11 is 3.18. The summed E-state index contributed by atoms with van der Waals surface area (Å²) in [7, 11) is 0. The molecule has 1 aromatic heterocycles. The molecule has 0 amide bonds. The van der Waals surface area contributed by atoms with Crippen LogP contribution in [0.5, 0.6) is 0 Å². The van der Waals surface area contributed by atoms with Crippen LogP contribution in [0.4, 0.5) is 13.2 Å². The molecule has 0 saturated heterocycles. The predicted octanol–water partition coefficient (Wildman–Crippen LogP) is 2.89. The van der Waals surface area contributed by atoms with Gasteiger partial charge in [-0.2, -0.15) is 13.2 Å². The molecule has 15 heavy (non-hydrogen) atoms. The first-order valence-corrected chi connectivity index (χ1v) is 5.14. The van der Waals surface area contributed by atoms with Crippen LogP contribution in [0.2, 0.25) is 0 Å². The van der Waals surface area contributed by atoms with E-state index in [-0.39, 0.29) is 6.54 Å². The van der Waals surface area contributed by atoms with E-state index >= 15 is 0 Å². The Morgan fingerprint density at radius 3 is 2.73 bits per heavy atom. The van der Waals surface area contributed by atoms with E-state index in [0.717, 1.165) is 5.56 Å². The summed E-state index contributed by atoms with van der Waals surface area (Å²) in [6.07, 6.45) is -3.30. The van der Waals surface area contributed by atoms with Gasteiger partial charge in [-0.25, -0.2) is 4.98 Å². The Hall–Kier alpha value is -0.620. The first kappa shape index (κ1) is 12.4. The van der Waals surface area contributed by atoms with Gasteiger partial charge in [0.05, 0.1) is 6.42 Å². The Morgan fingerprint density at radius 2 is 2.13 bits per heavy atom. The second-order valence-electron chi connectivity index (χ2n) is 3.03. The van der Waals surface area contributed by atoms with E-state index in [2.05, 4.69) is 26.2 Å². The molecule has 0 radical (unpaired) electrons. The number of pyridine rings is 1. The SMILES string of the molecule is FC(F)(F)CCNCc1ccnc(Br)c1. The summed E-state index contributed by atoms with van der Waals surface area (Å²) in [5, 5.41) is 2.72. The van der Waals surface area contributed by atoms with Gasteiger partial charge in [-0.3, -0.25) is 0 Å². The molecule has 84 valence electrons. The molecule has 1 aromatic rings. The zero-order valence-electron chi connectivity index (χ0n) is 7.81. The maximum atomic E-state index is 11.8. The van der Waals surface area contributed by atoms with Gasteiger partial charge in [0, 0.05) is 19.3 Å². The minimum absolute atomic E-state index is 0.0660. The highest BCUT2D eigenvalue weighted by Crippen LogP contribution is 2.18. The number of halogens is 4. The number of rotatable bonds is 4. The highest BCUT2D eigenvalue weighted by Gasteiger charge is 2.25. The normalized spacial score (nSPS) is 11.7. The topological polar surface area (TPSA) is 24.9 Å². The zero-order valence-corrected chi connectivity index (χ0v) is 9.40. The third kappa shape index (κ3) is 5.74. The van der Waals surface area contributed by atoms with Crippen molar-refractivity contribution in [2.45, 2.75) is 19.1 Å². The van der Waals surface area contributed by atoms with Crippen molar-refractivity contribution in [3.05, 3.63) is 28.5 Å². The Bertz CT molecular complexity index is 314. The molecule has 0 spiro atoms. The van der Waals surface area contributed by atoms with Crippen LogP contribution in [0.15, 0.2) is 22.9 Å². The van der Waals surface area contributed by atoms with Crippen molar-refractivity contribution in [1.82, 2.24) is 10.3 Å². The zero-order chi connectivity index (χ0) is 11.3. The van der Waals surface area contributed by atoms with Crippen molar-refractivity contribution in [3.8, 4) is 0 Å². The second-order valence-corrected chi connectivity index (χ2v) is 3.84. The average Bonchev–Trinajstić information content (AvgIpc) is 2.11. The fourth-order valence-electron chi connectivity index (χ4n) is 1.02. The minimum Gasteiger partial charge on any atom is -0.312 e. The summed E-state index contributed by atoms with van der Waals surface area (Å²) in [5.74, 6) is 0. The first-order valence-electron chi connectivity index (χ1n) is 4.35. The predicted molar refractivity (Wildman–Crippen MR) is 54.3 cm³/mol. The monoisotopic (exact) mass is 282 g/mol. The molecule has 0 atom stereocenters. The number of nitrogens with one attached hydrogen (secondary N) is 1. The van der Waals surface area contributed by atoms with E-state index in [0.29, 0.717) is 11.1 Å². The molecule has 0 unspecified atom stereocenters. The number of nitrogens with zero attached hydrogens (tertiary/aromatic N) is 1. The van der Waals surface area contributed by atoms with Crippen molar-refractivity contribution < 1.29 is 13.2 Å². The quantitative estimate of drug-likeness (QED) is 0.679.